The Labute approximate surface area is 121 Å². The summed E-state index contributed by atoms with van der Waals surface area (Å²) < 4.78 is 33.1. The molecule has 20 heavy (non-hydrogen) atoms. The molecule has 2 heterocycles. The highest BCUT2D eigenvalue weighted by Gasteiger charge is 2.21. The molecule has 0 aliphatic carbocycles. The van der Waals surface area contributed by atoms with E-state index in [-0.39, 0.29) is 9.77 Å². The third-order valence-electron chi connectivity index (χ3n) is 3.17. The van der Waals surface area contributed by atoms with Gasteiger partial charge in [-0.05, 0) is 31.7 Å². The summed E-state index contributed by atoms with van der Waals surface area (Å²) in [4.78, 5) is 12.6. The van der Waals surface area contributed by atoms with Crippen LogP contribution in [0.2, 0.25) is 0 Å². The maximum Gasteiger partial charge on any atom is 0.348 e. The Hall–Kier alpha value is -0.960. The fraction of sp³-hybridized carbons (Fsp3) is 0.583. The van der Waals surface area contributed by atoms with Gasteiger partial charge in [-0.3, -0.25) is 0 Å². The molecule has 0 bridgehead atoms. The predicted octanol–water partition coefficient (Wildman–Crippen LogP) is 1.29. The first kappa shape index (κ1) is 15.4. The first-order valence-electron chi connectivity index (χ1n) is 6.26. The summed E-state index contributed by atoms with van der Waals surface area (Å²) in [5, 5.41) is 5.07. The highest BCUT2D eigenvalue weighted by Crippen LogP contribution is 2.26. The topological polar surface area (TPSA) is 95.7 Å². The molecule has 112 valence electrons. The molecular formula is C12H17NO5S2. The van der Waals surface area contributed by atoms with Crippen molar-refractivity contribution < 1.29 is 22.7 Å². The standard InChI is InChI=1S/C12H17NO5S2/c1-8-11(20(13,15)16)6-10(19-8)12(14)18-7-9-2-4-17-5-3-9/h6,9H,2-5,7H2,1H3,(H2,13,15,16). The first-order valence-corrected chi connectivity index (χ1v) is 8.62. The van der Waals surface area contributed by atoms with E-state index in [2.05, 4.69) is 0 Å². The molecule has 1 aliphatic heterocycles. The summed E-state index contributed by atoms with van der Waals surface area (Å²) in [6.45, 7) is 3.33. The Bertz CT molecular complexity index is 587. The summed E-state index contributed by atoms with van der Waals surface area (Å²) in [5.41, 5.74) is 0. The monoisotopic (exact) mass is 319 g/mol. The lowest BCUT2D eigenvalue weighted by Gasteiger charge is -2.21. The zero-order chi connectivity index (χ0) is 14.8. The number of nitrogens with two attached hydrogens (primary N) is 1. The van der Waals surface area contributed by atoms with E-state index in [0.29, 0.717) is 30.6 Å². The van der Waals surface area contributed by atoms with Crippen LogP contribution in [0.25, 0.3) is 0 Å². The van der Waals surface area contributed by atoms with Gasteiger partial charge in [0.25, 0.3) is 0 Å². The van der Waals surface area contributed by atoms with E-state index in [4.69, 9.17) is 14.6 Å². The Balaban J connectivity index is 1.99. The van der Waals surface area contributed by atoms with E-state index in [1.54, 1.807) is 6.92 Å². The van der Waals surface area contributed by atoms with Crippen molar-refractivity contribution in [1.29, 1.82) is 0 Å². The van der Waals surface area contributed by atoms with Crippen LogP contribution < -0.4 is 5.14 Å². The average Bonchev–Trinajstić information content (AvgIpc) is 2.79. The number of aryl methyl sites for hydroxylation is 1. The molecule has 2 rings (SSSR count). The molecule has 1 saturated heterocycles. The second-order valence-electron chi connectivity index (χ2n) is 4.73. The molecule has 2 N–H and O–H groups in total. The number of rotatable bonds is 4. The van der Waals surface area contributed by atoms with Crippen molar-refractivity contribution in [1.82, 2.24) is 0 Å². The van der Waals surface area contributed by atoms with Crippen LogP contribution >= 0.6 is 11.3 Å². The molecule has 6 nitrogen and oxygen atoms in total. The summed E-state index contributed by atoms with van der Waals surface area (Å²) >= 11 is 1.08. The van der Waals surface area contributed by atoms with Gasteiger partial charge < -0.3 is 9.47 Å². The Morgan fingerprint density at radius 2 is 2.15 bits per heavy atom. The van der Waals surface area contributed by atoms with E-state index < -0.39 is 16.0 Å². The molecular weight excluding hydrogens is 302 g/mol. The van der Waals surface area contributed by atoms with Gasteiger partial charge in [-0.15, -0.1) is 11.3 Å². The highest BCUT2D eigenvalue weighted by atomic mass is 32.2. The molecule has 0 aromatic carbocycles. The lowest BCUT2D eigenvalue weighted by Crippen LogP contribution is -2.21. The van der Waals surface area contributed by atoms with Crippen LogP contribution in [0.5, 0.6) is 0 Å². The number of carbonyl (C=O) groups is 1. The van der Waals surface area contributed by atoms with Crippen molar-refractivity contribution in [2.45, 2.75) is 24.7 Å². The van der Waals surface area contributed by atoms with Gasteiger partial charge in [0.2, 0.25) is 10.0 Å². The van der Waals surface area contributed by atoms with Crippen LogP contribution in [-0.4, -0.2) is 34.2 Å². The molecule has 0 unspecified atom stereocenters. The number of sulfonamides is 1. The van der Waals surface area contributed by atoms with Crippen LogP contribution in [0.4, 0.5) is 0 Å². The van der Waals surface area contributed by atoms with E-state index in [1.165, 1.54) is 6.07 Å². The number of ether oxygens (including phenoxy) is 2. The number of esters is 1. The van der Waals surface area contributed by atoms with E-state index in [1.807, 2.05) is 0 Å². The molecule has 1 fully saturated rings. The second kappa shape index (κ2) is 6.21. The Morgan fingerprint density at radius 1 is 1.50 bits per heavy atom. The molecule has 1 aromatic rings. The van der Waals surface area contributed by atoms with Gasteiger partial charge >= 0.3 is 5.97 Å². The second-order valence-corrected chi connectivity index (χ2v) is 7.52. The minimum absolute atomic E-state index is 0.0134. The van der Waals surface area contributed by atoms with E-state index in [0.717, 1.165) is 24.2 Å². The van der Waals surface area contributed by atoms with Crippen molar-refractivity contribution in [3.05, 3.63) is 15.8 Å². The van der Waals surface area contributed by atoms with Gasteiger partial charge in [0.15, 0.2) is 0 Å². The average molecular weight is 319 g/mol. The maximum absolute atomic E-state index is 11.9. The van der Waals surface area contributed by atoms with Gasteiger partial charge in [0.1, 0.15) is 4.88 Å². The van der Waals surface area contributed by atoms with Crippen LogP contribution in [0.1, 0.15) is 27.4 Å². The smallest absolute Gasteiger partial charge is 0.348 e. The molecule has 1 aliphatic rings. The summed E-state index contributed by atoms with van der Waals surface area (Å²) in [5.74, 6) is -0.189. The fourth-order valence-corrected chi connectivity index (χ4v) is 4.07. The van der Waals surface area contributed by atoms with Gasteiger partial charge in [-0.2, -0.15) is 0 Å². The SMILES string of the molecule is Cc1sc(C(=O)OCC2CCOCC2)cc1S(N)(=O)=O. The first-order chi connectivity index (χ1) is 9.38. The van der Waals surface area contributed by atoms with E-state index in [9.17, 15) is 13.2 Å². The van der Waals surface area contributed by atoms with Crippen LogP contribution in [-0.2, 0) is 19.5 Å². The number of hydrogen-bond acceptors (Lipinski definition) is 6. The Morgan fingerprint density at radius 3 is 2.70 bits per heavy atom. The zero-order valence-corrected chi connectivity index (χ0v) is 12.8. The van der Waals surface area contributed by atoms with Crippen LogP contribution in [0.3, 0.4) is 0 Å². The third kappa shape index (κ3) is 3.78. The van der Waals surface area contributed by atoms with Crippen molar-refractivity contribution in [2.24, 2.45) is 11.1 Å². The van der Waals surface area contributed by atoms with Gasteiger partial charge in [0, 0.05) is 18.1 Å². The van der Waals surface area contributed by atoms with Crippen LogP contribution in [0.15, 0.2) is 11.0 Å². The largest absolute Gasteiger partial charge is 0.461 e. The van der Waals surface area contributed by atoms with Crippen molar-refractivity contribution >= 4 is 27.3 Å². The molecule has 0 amide bonds. The van der Waals surface area contributed by atoms with Gasteiger partial charge in [-0.25, -0.2) is 18.4 Å². The minimum Gasteiger partial charge on any atom is -0.461 e. The van der Waals surface area contributed by atoms with E-state index >= 15 is 0 Å². The van der Waals surface area contributed by atoms with Crippen molar-refractivity contribution in [2.75, 3.05) is 19.8 Å². The summed E-state index contributed by atoms with van der Waals surface area (Å²) in [6, 6.07) is 1.28. The number of hydrogen-bond donors (Lipinski definition) is 1. The highest BCUT2D eigenvalue weighted by molar-refractivity contribution is 7.89. The third-order valence-corrected chi connectivity index (χ3v) is 5.37. The molecule has 0 atom stereocenters. The van der Waals surface area contributed by atoms with Crippen molar-refractivity contribution in [3.63, 3.8) is 0 Å². The molecule has 0 radical (unpaired) electrons. The molecule has 1 aromatic heterocycles. The van der Waals surface area contributed by atoms with Gasteiger partial charge in [-0.1, -0.05) is 0 Å². The Kier molecular flexibility index (Phi) is 4.79. The molecule has 0 spiro atoms. The number of carbonyl (C=O) groups excluding carboxylic acids is 1. The van der Waals surface area contributed by atoms with Crippen LogP contribution in [0, 0.1) is 12.8 Å². The lowest BCUT2D eigenvalue weighted by molar-refractivity contribution is 0.0189. The summed E-state index contributed by atoms with van der Waals surface area (Å²) in [6.07, 6.45) is 1.75. The number of primary sulfonamides is 1. The number of thiophene rings is 1. The summed E-state index contributed by atoms with van der Waals surface area (Å²) in [7, 11) is -3.80. The lowest BCUT2D eigenvalue weighted by atomic mass is 10.0. The quantitative estimate of drug-likeness (QED) is 0.844. The minimum atomic E-state index is -3.80. The predicted molar refractivity (Wildman–Crippen MR) is 74.3 cm³/mol. The molecule has 0 saturated carbocycles. The maximum atomic E-state index is 11.9. The zero-order valence-electron chi connectivity index (χ0n) is 11.1. The van der Waals surface area contributed by atoms with Gasteiger partial charge in [0.05, 0.1) is 11.5 Å². The normalized spacial score (nSPS) is 17.1. The molecule has 8 heteroatoms. The van der Waals surface area contributed by atoms with Crippen molar-refractivity contribution in [3.8, 4) is 0 Å². The fourth-order valence-electron chi connectivity index (χ4n) is 2.03.